The van der Waals surface area contributed by atoms with Gasteiger partial charge in [0.25, 0.3) is 5.56 Å². The number of imidazole rings is 1. The van der Waals surface area contributed by atoms with Crippen LogP contribution in [0.5, 0.6) is 0 Å². The fourth-order valence-corrected chi connectivity index (χ4v) is 6.16. The van der Waals surface area contributed by atoms with Gasteiger partial charge < -0.3 is 20.2 Å². The predicted molar refractivity (Wildman–Crippen MR) is 152 cm³/mol. The first-order chi connectivity index (χ1) is 18.5. The van der Waals surface area contributed by atoms with Crippen LogP contribution < -0.4 is 10.9 Å². The third kappa shape index (κ3) is 3.90. The quantitative estimate of drug-likeness (QED) is 0.278. The zero-order valence-corrected chi connectivity index (χ0v) is 21.3. The third-order valence-corrected chi connectivity index (χ3v) is 8.23. The fourth-order valence-electron chi connectivity index (χ4n) is 6.16. The van der Waals surface area contributed by atoms with Gasteiger partial charge >= 0.3 is 0 Å². The standard InChI is InChI=1S/C31H29N5O2/c1-18(37)20-5-4-6-21(15-20)22-9-10-23-26(16-22)35-31(38)28(30-33-24-7-2-3-8-25(24)34-30)29(23)32-27-17-36-13-11-19(27)12-14-36/h2-10,15-16,19,27H,11-14,17H2,1H3,(H,33,34)(H2,32,35,38)/t27-/m0/s1. The van der Waals surface area contributed by atoms with Crippen LogP contribution in [0, 0.1) is 5.92 Å². The van der Waals surface area contributed by atoms with E-state index in [-0.39, 0.29) is 17.4 Å². The number of Topliss-reactive ketones (excluding diaryl/α,β-unsaturated/α-hetero) is 1. The molecule has 3 saturated heterocycles. The summed E-state index contributed by atoms with van der Waals surface area (Å²) in [6.45, 7) is 4.85. The smallest absolute Gasteiger partial charge is 0.261 e. The van der Waals surface area contributed by atoms with E-state index in [1.807, 2.05) is 54.6 Å². The molecule has 5 heterocycles. The van der Waals surface area contributed by atoms with Crippen molar-refractivity contribution in [1.29, 1.82) is 0 Å². The molecule has 3 aromatic carbocycles. The van der Waals surface area contributed by atoms with E-state index >= 15 is 0 Å². The summed E-state index contributed by atoms with van der Waals surface area (Å²) in [5.41, 5.74) is 6.21. The number of aromatic amines is 2. The van der Waals surface area contributed by atoms with Crippen LogP contribution in [-0.2, 0) is 0 Å². The number of H-pyrrole nitrogens is 2. The van der Waals surface area contributed by atoms with Gasteiger partial charge in [0, 0.05) is 23.5 Å². The molecule has 38 heavy (non-hydrogen) atoms. The van der Waals surface area contributed by atoms with E-state index in [0.717, 1.165) is 58.4 Å². The molecule has 0 radical (unpaired) electrons. The van der Waals surface area contributed by atoms with Crippen LogP contribution >= 0.6 is 0 Å². The van der Waals surface area contributed by atoms with E-state index in [2.05, 4.69) is 32.3 Å². The van der Waals surface area contributed by atoms with Crippen LogP contribution in [0.25, 0.3) is 44.5 Å². The number of ketones is 1. The Bertz CT molecular complexity index is 1730. The maximum Gasteiger partial charge on any atom is 0.261 e. The zero-order chi connectivity index (χ0) is 25.8. The van der Waals surface area contributed by atoms with Crippen molar-refractivity contribution in [3.63, 3.8) is 0 Å². The van der Waals surface area contributed by atoms with Crippen molar-refractivity contribution in [1.82, 2.24) is 19.9 Å². The highest BCUT2D eigenvalue weighted by atomic mass is 16.1. The van der Waals surface area contributed by atoms with Crippen LogP contribution in [0.15, 0.2) is 71.5 Å². The molecule has 3 N–H and O–H groups in total. The van der Waals surface area contributed by atoms with Gasteiger partial charge in [-0.25, -0.2) is 4.98 Å². The number of carbonyl (C=O) groups excluding carboxylic acids is 1. The molecule has 3 aliphatic heterocycles. The van der Waals surface area contributed by atoms with Gasteiger partial charge in [0.05, 0.1) is 22.2 Å². The second-order valence-electron chi connectivity index (χ2n) is 10.6. The Balaban J connectivity index is 1.40. The van der Waals surface area contributed by atoms with Gasteiger partial charge in [-0.1, -0.05) is 42.5 Å². The number of aromatic nitrogens is 3. The number of piperidine rings is 3. The van der Waals surface area contributed by atoms with Crippen molar-refractivity contribution in [2.45, 2.75) is 25.8 Å². The van der Waals surface area contributed by atoms with Crippen molar-refractivity contribution in [2.75, 3.05) is 25.0 Å². The van der Waals surface area contributed by atoms with Gasteiger partial charge in [-0.3, -0.25) is 9.59 Å². The number of benzene rings is 3. The van der Waals surface area contributed by atoms with E-state index in [4.69, 9.17) is 4.98 Å². The monoisotopic (exact) mass is 503 g/mol. The molecule has 190 valence electrons. The Morgan fingerprint density at radius 3 is 2.53 bits per heavy atom. The molecule has 1 atom stereocenters. The summed E-state index contributed by atoms with van der Waals surface area (Å²) in [5.74, 6) is 1.18. The first-order valence-corrected chi connectivity index (χ1v) is 13.3. The fraction of sp³-hybridized carbons (Fsp3) is 0.258. The molecule has 0 unspecified atom stereocenters. The zero-order valence-electron chi connectivity index (χ0n) is 21.3. The summed E-state index contributed by atoms with van der Waals surface area (Å²) in [6.07, 6.45) is 2.35. The number of anilines is 1. The number of nitrogens with one attached hydrogen (secondary N) is 3. The van der Waals surface area contributed by atoms with E-state index in [1.165, 1.54) is 12.8 Å². The predicted octanol–water partition coefficient (Wildman–Crippen LogP) is 5.45. The van der Waals surface area contributed by atoms with Crippen molar-refractivity contribution >= 4 is 33.4 Å². The van der Waals surface area contributed by atoms with Crippen molar-refractivity contribution < 1.29 is 4.79 Å². The molecule has 0 spiro atoms. The SMILES string of the molecule is CC(=O)c1cccc(-c2ccc3c(N[C@H]4CN5CCC4CC5)c(-c4nc5ccccc5[nH]4)c(=O)[nH]c3c2)c1. The lowest BCUT2D eigenvalue weighted by Crippen LogP contribution is -2.53. The van der Waals surface area contributed by atoms with Crippen molar-refractivity contribution in [2.24, 2.45) is 5.92 Å². The lowest BCUT2D eigenvalue weighted by atomic mass is 9.83. The molecule has 2 aromatic heterocycles. The Morgan fingerprint density at radius 2 is 1.76 bits per heavy atom. The Hall–Kier alpha value is -4.23. The maximum atomic E-state index is 13.7. The van der Waals surface area contributed by atoms with Crippen LogP contribution in [0.2, 0.25) is 0 Å². The topological polar surface area (TPSA) is 93.9 Å². The molecule has 3 aliphatic rings. The van der Waals surface area contributed by atoms with E-state index in [0.29, 0.717) is 22.9 Å². The minimum atomic E-state index is -0.185. The highest BCUT2D eigenvalue weighted by Crippen LogP contribution is 2.37. The summed E-state index contributed by atoms with van der Waals surface area (Å²) in [5, 5.41) is 4.77. The summed E-state index contributed by atoms with van der Waals surface area (Å²) in [6, 6.07) is 21.8. The van der Waals surface area contributed by atoms with Crippen molar-refractivity contribution in [3.8, 4) is 22.5 Å². The van der Waals surface area contributed by atoms with Crippen molar-refractivity contribution in [3.05, 3.63) is 82.6 Å². The molecule has 2 bridgehead atoms. The van der Waals surface area contributed by atoms with Gasteiger partial charge in [-0.2, -0.15) is 0 Å². The van der Waals surface area contributed by atoms with E-state index in [9.17, 15) is 9.59 Å². The van der Waals surface area contributed by atoms with Gasteiger partial charge in [0.2, 0.25) is 0 Å². The average Bonchev–Trinajstić information content (AvgIpc) is 3.37. The van der Waals surface area contributed by atoms with E-state index in [1.54, 1.807) is 6.92 Å². The molecule has 7 nitrogen and oxygen atoms in total. The summed E-state index contributed by atoms with van der Waals surface area (Å²) in [7, 11) is 0. The Morgan fingerprint density at radius 1 is 0.947 bits per heavy atom. The molecule has 0 amide bonds. The molecule has 5 aromatic rings. The summed E-state index contributed by atoms with van der Waals surface area (Å²) >= 11 is 0. The highest BCUT2D eigenvalue weighted by Gasteiger charge is 2.35. The average molecular weight is 504 g/mol. The first-order valence-electron chi connectivity index (χ1n) is 13.3. The molecular weight excluding hydrogens is 474 g/mol. The maximum absolute atomic E-state index is 13.7. The molecule has 0 saturated carbocycles. The number of hydrogen-bond donors (Lipinski definition) is 3. The first kappa shape index (κ1) is 22.9. The largest absolute Gasteiger partial charge is 0.379 e. The summed E-state index contributed by atoms with van der Waals surface area (Å²) < 4.78 is 0. The molecule has 0 aliphatic carbocycles. The molecule has 8 rings (SSSR count). The normalized spacial score (nSPS) is 20.7. The number of carbonyl (C=O) groups is 1. The highest BCUT2D eigenvalue weighted by molar-refractivity contribution is 6.01. The number of para-hydroxylation sites is 2. The van der Waals surface area contributed by atoms with Gasteiger partial charge in [0.1, 0.15) is 11.4 Å². The van der Waals surface area contributed by atoms with Gasteiger partial charge in [0.15, 0.2) is 5.78 Å². The van der Waals surface area contributed by atoms with Gasteiger partial charge in [-0.05, 0) is 74.2 Å². The number of fused-ring (bicyclic) bond motifs is 5. The molecular formula is C31H29N5O2. The van der Waals surface area contributed by atoms with Crippen LogP contribution in [0.4, 0.5) is 5.69 Å². The second-order valence-corrected chi connectivity index (χ2v) is 10.6. The lowest BCUT2D eigenvalue weighted by Gasteiger charge is -2.45. The second kappa shape index (κ2) is 8.96. The van der Waals surface area contributed by atoms with E-state index < -0.39 is 0 Å². The Labute approximate surface area is 219 Å². The number of hydrogen-bond acceptors (Lipinski definition) is 5. The van der Waals surface area contributed by atoms with Gasteiger partial charge in [-0.15, -0.1) is 0 Å². The van der Waals surface area contributed by atoms with Crippen LogP contribution in [-0.4, -0.2) is 51.3 Å². The number of pyridine rings is 1. The summed E-state index contributed by atoms with van der Waals surface area (Å²) in [4.78, 5) is 39.4. The molecule has 3 fully saturated rings. The minimum Gasteiger partial charge on any atom is -0.379 e. The van der Waals surface area contributed by atoms with Crippen LogP contribution in [0.1, 0.15) is 30.1 Å². The minimum absolute atomic E-state index is 0.0283. The third-order valence-electron chi connectivity index (χ3n) is 8.23. The molecule has 7 heteroatoms. The number of rotatable bonds is 5. The van der Waals surface area contributed by atoms with Crippen LogP contribution in [0.3, 0.4) is 0 Å². The Kier molecular flexibility index (Phi) is 5.40. The number of nitrogens with zero attached hydrogens (tertiary/aromatic N) is 2. The lowest BCUT2D eigenvalue weighted by molar-refractivity contribution is 0.0976.